The molecule has 0 saturated carbocycles. The molecule has 0 bridgehead atoms. The van der Waals surface area contributed by atoms with Gasteiger partial charge < -0.3 is 15.7 Å². The van der Waals surface area contributed by atoms with Gasteiger partial charge in [-0.15, -0.1) is 0 Å². The Morgan fingerprint density at radius 2 is 2.12 bits per heavy atom. The molecule has 1 heterocycles. The number of thioether (sulfide) groups is 1. The quantitative estimate of drug-likeness (QED) is 0.707. The molecule has 4 nitrogen and oxygen atoms in total. The van der Waals surface area contributed by atoms with Crippen LogP contribution in [0.3, 0.4) is 0 Å². The summed E-state index contributed by atoms with van der Waals surface area (Å²) in [6.07, 6.45) is 1.98. The molecule has 0 amide bonds. The van der Waals surface area contributed by atoms with Gasteiger partial charge in [-0.1, -0.05) is 6.07 Å². The number of aliphatic hydroxyl groups is 1. The second kappa shape index (κ2) is 5.96. The maximum Gasteiger partial charge on any atom is 0.128 e. The summed E-state index contributed by atoms with van der Waals surface area (Å²) in [5, 5.41) is 16.1. The van der Waals surface area contributed by atoms with Gasteiger partial charge in [0.25, 0.3) is 0 Å². The predicted octanol–water partition coefficient (Wildman–Crippen LogP) is 1.65. The summed E-state index contributed by atoms with van der Waals surface area (Å²) in [5.41, 5.74) is -0.712. The minimum atomic E-state index is -0.712. The van der Waals surface area contributed by atoms with Gasteiger partial charge in [0.15, 0.2) is 0 Å². The summed E-state index contributed by atoms with van der Waals surface area (Å²) >= 11 is 1.63. The molecule has 16 heavy (non-hydrogen) atoms. The van der Waals surface area contributed by atoms with Gasteiger partial charge in [0, 0.05) is 19.3 Å². The Kier molecular flexibility index (Phi) is 4.89. The van der Waals surface area contributed by atoms with Crippen LogP contribution in [0.4, 0.5) is 11.6 Å². The maximum absolute atomic E-state index is 9.98. The molecule has 0 aliphatic carbocycles. The molecular formula is C11H19N3OS. The van der Waals surface area contributed by atoms with Crippen LogP contribution in [-0.4, -0.2) is 41.3 Å². The molecule has 0 aromatic carbocycles. The molecule has 0 fully saturated rings. The van der Waals surface area contributed by atoms with E-state index in [1.54, 1.807) is 11.8 Å². The SMILES string of the molecule is CNc1cccc(NCC(C)(O)CSC)n1. The standard InChI is InChI=1S/C11H19N3OS/c1-11(15,8-16-3)7-13-10-6-4-5-9(12-2)14-10/h4-6,15H,7-8H2,1-3H3,(H2,12,13,14). The number of nitrogens with one attached hydrogen (secondary N) is 2. The van der Waals surface area contributed by atoms with Crippen LogP contribution in [0, 0.1) is 0 Å². The first-order chi connectivity index (χ1) is 7.57. The molecule has 90 valence electrons. The molecule has 0 aliphatic rings. The Bertz CT molecular complexity index is 331. The first kappa shape index (κ1) is 13.1. The van der Waals surface area contributed by atoms with Crippen LogP contribution < -0.4 is 10.6 Å². The van der Waals surface area contributed by atoms with E-state index in [0.29, 0.717) is 12.3 Å². The summed E-state index contributed by atoms with van der Waals surface area (Å²) in [4.78, 5) is 4.31. The van der Waals surface area contributed by atoms with E-state index < -0.39 is 5.60 Å². The number of nitrogens with zero attached hydrogens (tertiary/aromatic N) is 1. The highest BCUT2D eigenvalue weighted by atomic mass is 32.2. The molecular weight excluding hydrogens is 222 g/mol. The Balaban J connectivity index is 2.53. The van der Waals surface area contributed by atoms with Gasteiger partial charge in [-0.05, 0) is 25.3 Å². The highest BCUT2D eigenvalue weighted by Crippen LogP contribution is 2.13. The van der Waals surface area contributed by atoms with Gasteiger partial charge in [0.2, 0.25) is 0 Å². The van der Waals surface area contributed by atoms with Gasteiger partial charge in [-0.2, -0.15) is 11.8 Å². The van der Waals surface area contributed by atoms with Crippen LogP contribution in [0.1, 0.15) is 6.92 Å². The Morgan fingerprint density at radius 1 is 1.44 bits per heavy atom. The van der Waals surface area contributed by atoms with Crippen molar-refractivity contribution in [2.45, 2.75) is 12.5 Å². The van der Waals surface area contributed by atoms with Crippen LogP contribution in [0.15, 0.2) is 18.2 Å². The van der Waals surface area contributed by atoms with E-state index in [0.717, 1.165) is 11.6 Å². The Morgan fingerprint density at radius 3 is 2.75 bits per heavy atom. The zero-order chi connectivity index (χ0) is 12.0. The van der Waals surface area contributed by atoms with E-state index in [1.807, 2.05) is 38.4 Å². The van der Waals surface area contributed by atoms with Crippen LogP contribution in [0.2, 0.25) is 0 Å². The summed E-state index contributed by atoms with van der Waals surface area (Å²) in [5.74, 6) is 2.29. The van der Waals surface area contributed by atoms with Gasteiger partial charge in [0.1, 0.15) is 11.6 Å². The fourth-order valence-electron chi connectivity index (χ4n) is 1.32. The van der Waals surface area contributed by atoms with Gasteiger partial charge in [-0.25, -0.2) is 4.98 Å². The Labute approximate surface area is 101 Å². The largest absolute Gasteiger partial charge is 0.387 e. The molecule has 1 atom stereocenters. The lowest BCUT2D eigenvalue weighted by Crippen LogP contribution is -2.36. The van der Waals surface area contributed by atoms with Crippen LogP contribution in [-0.2, 0) is 0 Å². The zero-order valence-electron chi connectivity index (χ0n) is 9.95. The molecule has 1 aromatic rings. The number of anilines is 2. The molecule has 5 heteroatoms. The maximum atomic E-state index is 9.98. The highest BCUT2D eigenvalue weighted by molar-refractivity contribution is 7.98. The van der Waals surface area contributed by atoms with E-state index in [-0.39, 0.29) is 0 Å². The van der Waals surface area contributed by atoms with Crippen LogP contribution in [0.25, 0.3) is 0 Å². The molecule has 1 aromatic heterocycles. The molecule has 1 unspecified atom stereocenters. The summed E-state index contributed by atoms with van der Waals surface area (Å²) in [6.45, 7) is 2.31. The lowest BCUT2D eigenvalue weighted by atomic mass is 10.1. The van der Waals surface area contributed by atoms with Crippen molar-refractivity contribution in [1.82, 2.24) is 4.98 Å². The fourth-order valence-corrected chi connectivity index (χ4v) is 2.04. The van der Waals surface area contributed by atoms with Crippen molar-refractivity contribution in [1.29, 1.82) is 0 Å². The third-order valence-corrected chi connectivity index (χ3v) is 3.02. The second-order valence-electron chi connectivity index (χ2n) is 3.94. The van der Waals surface area contributed by atoms with Crippen molar-refractivity contribution in [3.05, 3.63) is 18.2 Å². The van der Waals surface area contributed by atoms with Crippen molar-refractivity contribution in [2.75, 3.05) is 36.2 Å². The monoisotopic (exact) mass is 241 g/mol. The predicted molar refractivity (Wildman–Crippen MR) is 71.3 cm³/mol. The average Bonchev–Trinajstić information content (AvgIpc) is 2.27. The number of pyridine rings is 1. The first-order valence-electron chi connectivity index (χ1n) is 5.17. The second-order valence-corrected chi connectivity index (χ2v) is 4.81. The summed E-state index contributed by atoms with van der Waals surface area (Å²) in [6, 6.07) is 5.70. The van der Waals surface area contributed by atoms with Crippen LogP contribution >= 0.6 is 11.8 Å². The van der Waals surface area contributed by atoms with E-state index in [4.69, 9.17) is 0 Å². The fraction of sp³-hybridized carbons (Fsp3) is 0.545. The average molecular weight is 241 g/mol. The van der Waals surface area contributed by atoms with E-state index in [2.05, 4.69) is 15.6 Å². The molecule has 0 aliphatic heterocycles. The lowest BCUT2D eigenvalue weighted by molar-refractivity contribution is 0.0996. The van der Waals surface area contributed by atoms with Crippen molar-refractivity contribution in [3.8, 4) is 0 Å². The summed E-state index contributed by atoms with van der Waals surface area (Å²) in [7, 11) is 1.83. The third-order valence-electron chi connectivity index (χ3n) is 2.11. The zero-order valence-corrected chi connectivity index (χ0v) is 10.8. The third kappa shape index (κ3) is 4.28. The smallest absolute Gasteiger partial charge is 0.128 e. The highest BCUT2D eigenvalue weighted by Gasteiger charge is 2.19. The summed E-state index contributed by atoms with van der Waals surface area (Å²) < 4.78 is 0. The van der Waals surface area contributed by atoms with Crippen molar-refractivity contribution < 1.29 is 5.11 Å². The lowest BCUT2D eigenvalue weighted by Gasteiger charge is -2.22. The molecule has 3 N–H and O–H groups in total. The van der Waals surface area contributed by atoms with E-state index >= 15 is 0 Å². The van der Waals surface area contributed by atoms with E-state index in [9.17, 15) is 5.11 Å². The van der Waals surface area contributed by atoms with Crippen molar-refractivity contribution in [3.63, 3.8) is 0 Å². The van der Waals surface area contributed by atoms with Crippen molar-refractivity contribution >= 4 is 23.4 Å². The Hall–Kier alpha value is -0.940. The van der Waals surface area contributed by atoms with Crippen LogP contribution in [0.5, 0.6) is 0 Å². The number of aromatic nitrogens is 1. The number of rotatable bonds is 6. The van der Waals surface area contributed by atoms with E-state index in [1.165, 1.54) is 0 Å². The number of hydrogen-bond donors (Lipinski definition) is 3. The van der Waals surface area contributed by atoms with Gasteiger partial charge in [0.05, 0.1) is 5.60 Å². The topological polar surface area (TPSA) is 57.2 Å². The van der Waals surface area contributed by atoms with Gasteiger partial charge in [-0.3, -0.25) is 0 Å². The van der Waals surface area contributed by atoms with Gasteiger partial charge >= 0.3 is 0 Å². The molecule has 0 radical (unpaired) electrons. The van der Waals surface area contributed by atoms with Crippen molar-refractivity contribution in [2.24, 2.45) is 0 Å². The minimum Gasteiger partial charge on any atom is -0.387 e. The molecule has 1 rings (SSSR count). The normalized spacial score (nSPS) is 14.2. The number of hydrogen-bond acceptors (Lipinski definition) is 5. The molecule has 0 saturated heterocycles. The molecule has 0 spiro atoms. The first-order valence-corrected chi connectivity index (χ1v) is 6.57. The minimum absolute atomic E-state index is 0.494.